The molecule has 0 amide bonds. The van der Waals surface area contributed by atoms with Crippen molar-refractivity contribution in [3.63, 3.8) is 0 Å². The van der Waals surface area contributed by atoms with Gasteiger partial charge in [-0.2, -0.15) is 0 Å². The van der Waals surface area contributed by atoms with E-state index in [0.29, 0.717) is 11.3 Å². The van der Waals surface area contributed by atoms with Crippen LogP contribution in [0.2, 0.25) is 0 Å². The molecule has 2 heterocycles. The van der Waals surface area contributed by atoms with Crippen molar-refractivity contribution in [2.45, 2.75) is 65.4 Å². The first-order valence-electron chi connectivity index (χ1n) is 15.3. The van der Waals surface area contributed by atoms with Gasteiger partial charge in [0.1, 0.15) is 11.5 Å². The number of rotatable bonds is 10. The lowest BCUT2D eigenvalue weighted by Gasteiger charge is -2.38. The maximum absolute atomic E-state index is 13.4. The number of unbranched alkanes of at least 4 members (excludes halogenated alkanes) is 3. The summed E-state index contributed by atoms with van der Waals surface area (Å²) in [6, 6.07) is 26.6. The normalized spacial score (nSPS) is 16.3. The van der Waals surface area contributed by atoms with Gasteiger partial charge in [0.05, 0.1) is 5.56 Å². The molecule has 42 heavy (non-hydrogen) atoms. The van der Waals surface area contributed by atoms with Gasteiger partial charge in [-0.3, -0.25) is 0 Å². The van der Waals surface area contributed by atoms with Gasteiger partial charge in [0, 0.05) is 52.9 Å². The lowest BCUT2D eigenvalue weighted by atomic mass is 9.77. The molecule has 0 fully saturated rings. The number of nitrogens with zero attached hydrogens (tertiary/aromatic N) is 1. The summed E-state index contributed by atoms with van der Waals surface area (Å²) in [7, 11) is 0. The third-order valence-corrected chi connectivity index (χ3v) is 8.52. The Morgan fingerprint density at radius 3 is 2.36 bits per heavy atom. The van der Waals surface area contributed by atoms with E-state index in [4.69, 9.17) is 9.47 Å². The van der Waals surface area contributed by atoms with Crippen molar-refractivity contribution in [2.75, 3.05) is 23.3 Å². The summed E-state index contributed by atoms with van der Waals surface area (Å²) in [6.07, 6.45) is 5.85. The molecule has 6 rings (SSSR count). The highest BCUT2D eigenvalue weighted by Crippen LogP contribution is 2.57. The molecule has 0 aromatic heterocycles. The third kappa shape index (κ3) is 4.91. The minimum atomic E-state index is -1.09. The van der Waals surface area contributed by atoms with Gasteiger partial charge in [-0.25, -0.2) is 4.79 Å². The van der Waals surface area contributed by atoms with Crippen LogP contribution in [0.4, 0.5) is 17.1 Å². The minimum Gasteiger partial charge on any atom is -0.456 e. The first kappa shape index (κ1) is 27.9. The Balaban J connectivity index is 1.49. The van der Waals surface area contributed by atoms with Crippen LogP contribution in [-0.4, -0.2) is 19.1 Å². The number of ether oxygens (including phenoxy) is 2. The van der Waals surface area contributed by atoms with Crippen LogP contribution in [0.15, 0.2) is 78.9 Å². The molecule has 4 aromatic rings. The first-order valence-corrected chi connectivity index (χ1v) is 15.3. The second kappa shape index (κ2) is 11.6. The molecule has 1 spiro atoms. The van der Waals surface area contributed by atoms with Gasteiger partial charge in [-0.05, 0) is 80.3 Å². The molecular weight excluding hydrogens is 520 g/mol. The predicted octanol–water partition coefficient (Wildman–Crippen LogP) is 9.41. The van der Waals surface area contributed by atoms with Crippen LogP contribution >= 0.6 is 0 Å². The van der Waals surface area contributed by atoms with Crippen LogP contribution < -0.4 is 15.0 Å². The van der Waals surface area contributed by atoms with E-state index in [1.807, 2.05) is 30.3 Å². The maximum atomic E-state index is 13.4. The number of hydrogen-bond donors (Lipinski definition) is 1. The Kier molecular flexibility index (Phi) is 7.68. The molecule has 2 aliphatic heterocycles. The number of carbonyl (C=O) groups excluding carboxylic acids is 1. The molecule has 1 N–H and O–H groups in total. The van der Waals surface area contributed by atoms with Crippen LogP contribution in [0.25, 0.3) is 0 Å². The minimum absolute atomic E-state index is 0.314. The van der Waals surface area contributed by atoms with E-state index in [0.717, 1.165) is 77.4 Å². The SMILES string of the molecule is CCCCCN(CCCC)c1ccc2c(c1)Oc1cc(C)c(Nc3cccc(C)c3)cc1C21OC(=O)c2ccccc21. The zero-order chi connectivity index (χ0) is 29.3. The topological polar surface area (TPSA) is 50.8 Å². The number of aryl methyl sites for hydroxylation is 2. The van der Waals surface area contributed by atoms with E-state index in [-0.39, 0.29) is 5.97 Å². The number of hydrogen-bond acceptors (Lipinski definition) is 5. The summed E-state index contributed by atoms with van der Waals surface area (Å²) in [5, 5.41) is 3.59. The Morgan fingerprint density at radius 2 is 1.55 bits per heavy atom. The molecule has 0 radical (unpaired) electrons. The van der Waals surface area contributed by atoms with Crippen molar-refractivity contribution < 1.29 is 14.3 Å². The Labute approximate surface area is 249 Å². The second-order valence-corrected chi connectivity index (χ2v) is 11.6. The predicted molar refractivity (Wildman–Crippen MR) is 171 cm³/mol. The molecule has 2 aliphatic rings. The van der Waals surface area contributed by atoms with Gasteiger partial charge in [0.15, 0.2) is 5.60 Å². The smallest absolute Gasteiger partial charge is 0.340 e. The molecule has 0 saturated carbocycles. The highest BCUT2D eigenvalue weighted by Gasteiger charge is 2.53. The first-order chi connectivity index (χ1) is 20.4. The van der Waals surface area contributed by atoms with E-state index in [1.165, 1.54) is 18.4 Å². The largest absolute Gasteiger partial charge is 0.456 e. The van der Waals surface area contributed by atoms with Crippen LogP contribution in [0, 0.1) is 13.8 Å². The Morgan fingerprint density at radius 1 is 0.762 bits per heavy atom. The average Bonchev–Trinajstić information content (AvgIpc) is 3.28. The fourth-order valence-electron chi connectivity index (χ4n) is 6.29. The van der Waals surface area contributed by atoms with Gasteiger partial charge in [0.2, 0.25) is 0 Å². The highest BCUT2D eigenvalue weighted by atomic mass is 16.6. The molecule has 5 heteroatoms. The van der Waals surface area contributed by atoms with Crippen LogP contribution in [-0.2, 0) is 10.3 Å². The van der Waals surface area contributed by atoms with Gasteiger partial charge in [0.25, 0.3) is 0 Å². The summed E-state index contributed by atoms with van der Waals surface area (Å²) in [5.41, 5.74) is 7.36. The molecular formula is C37H40N2O3. The van der Waals surface area contributed by atoms with Crippen molar-refractivity contribution in [1.82, 2.24) is 0 Å². The number of benzene rings is 4. The van der Waals surface area contributed by atoms with E-state index in [1.54, 1.807) is 0 Å². The summed E-state index contributed by atoms with van der Waals surface area (Å²) < 4.78 is 13.2. The van der Waals surface area contributed by atoms with Crippen molar-refractivity contribution in [1.29, 1.82) is 0 Å². The zero-order valence-corrected chi connectivity index (χ0v) is 25.1. The van der Waals surface area contributed by atoms with E-state index in [9.17, 15) is 4.79 Å². The molecule has 1 unspecified atom stereocenters. The molecule has 216 valence electrons. The van der Waals surface area contributed by atoms with Crippen molar-refractivity contribution in [3.05, 3.63) is 112 Å². The van der Waals surface area contributed by atoms with Gasteiger partial charge in [-0.15, -0.1) is 0 Å². The zero-order valence-electron chi connectivity index (χ0n) is 25.1. The van der Waals surface area contributed by atoms with E-state index >= 15 is 0 Å². The standard InChI is InChI=1S/C37H40N2O3/c1-5-7-11-20-39(19-8-6-2)28-17-18-31-35(23-28)41-34-22-26(4)33(38-27-14-12-13-25(3)21-27)24-32(34)37(31)30-16-10-9-15-29(30)36(40)42-37/h9-10,12-18,21-24,38H,5-8,11,19-20H2,1-4H3. The number of anilines is 3. The van der Waals surface area contributed by atoms with Crippen molar-refractivity contribution in [3.8, 4) is 11.5 Å². The lowest BCUT2D eigenvalue weighted by molar-refractivity contribution is 0.0224. The fraction of sp³-hybridized carbons (Fsp3) is 0.324. The number of esters is 1. The van der Waals surface area contributed by atoms with Crippen molar-refractivity contribution in [2.24, 2.45) is 0 Å². The summed E-state index contributed by atoms with van der Waals surface area (Å²) in [5.74, 6) is 1.13. The van der Waals surface area contributed by atoms with E-state index < -0.39 is 5.60 Å². The van der Waals surface area contributed by atoms with Gasteiger partial charge >= 0.3 is 5.97 Å². The number of nitrogens with one attached hydrogen (secondary N) is 1. The Hall–Kier alpha value is -4.25. The Bertz CT molecular complexity index is 1630. The molecule has 0 saturated heterocycles. The third-order valence-electron chi connectivity index (χ3n) is 8.52. The van der Waals surface area contributed by atoms with Gasteiger partial charge < -0.3 is 19.7 Å². The number of carbonyl (C=O) groups is 1. The average molecular weight is 561 g/mol. The quantitative estimate of drug-likeness (QED) is 0.155. The molecule has 0 bridgehead atoms. The number of fused-ring (bicyclic) bond motifs is 6. The summed E-state index contributed by atoms with van der Waals surface area (Å²) in [6.45, 7) is 10.7. The van der Waals surface area contributed by atoms with Crippen LogP contribution in [0.1, 0.15) is 84.1 Å². The molecule has 1 atom stereocenters. The maximum Gasteiger partial charge on any atom is 0.340 e. The van der Waals surface area contributed by atoms with Crippen LogP contribution in [0.5, 0.6) is 11.5 Å². The highest BCUT2D eigenvalue weighted by molar-refractivity contribution is 5.97. The lowest BCUT2D eigenvalue weighted by Crippen LogP contribution is -2.33. The van der Waals surface area contributed by atoms with Gasteiger partial charge in [-0.1, -0.05) is 63.4 Å². The van der Waals surface area contributed by atoms with Crippen molar-refractivity contribution >= 4 is 23.0 Å². The second-order valence-electron chi connectivity index (χ2n) is 11.6. The molecule has 5 nitrogen and oxygen atoms in total. The fourth-order valence-corrected chi connectivity index (χ4v) is 6.29. The monoisotopic (exact) mass is 560 g/mol. The molecule has 4 aromatic carbocycles. The summed E-state index contributed by atoms with van der Waals surface area (Å²) in [4.78, 5) is 15.9. The summed E-state index contributed by atoms with van der Waals surface area (Å²) >= 11 is 0. The van der Waals surface area contributed by atoms with E-state index in [2.05, 4.69) is 86.4 Å². The van der Waals surface area contributed by atoms with Crippen LogP contribution in [0.3, 0.4) is 0 Å². The molecule has 0 aliphatic carbocycles.